The lowest BCUT2D eigenvalue weighted by Gasteiger charge is -2.28. The number of hydrogen-bond acceptors (Lipinski definition) is 5. The summed E-state index contributed by atoms with van der Waals surface area (Å²) < 4.78 is 0. The molecule has 2 fully saturated rings. The van der Waals surface area contributed by atoms with Crippen LogP contribution in [0.15, 0.2) is 54.9 Å². The molecule has 2 aliphatic heterocycles. The highest BCUT2D eigenvalue weighted by Crippen LogP contribution is 2.33. The molecule has 7 nitrogen and oxygen atoms in total. The number of hydrogen-bond donors (Lipinski definition) is 2. The zero-order valence-corrected chi connectivity index (χ0v) is 20.5. The quantitative estimate of drug-likeness (QED) is 0.337. The van der Waals surface area contributed by atoms with Gasteiger partial charge >= 0.3 is 0 Å². The number of nitrogens with one attached hydrogen (secondary N) is 2. The highest BCUT2D eigenvalue weighted by atomic mass is 15.2. The van der Waals surface area contributed by atoms with Crippen LogP contribution >= 0.6 is 0 Å². The molecule has 0 saturated carbocycles. The SMILES string of the molecule is c1cc(N2CCCCC2)c2nc(-c3n[nH]c4ccc(-c5cncc(CN6CCCC6)c5)cc34)[nH]c2c1. The van der Waals surface area contributed by atoms with Crippen molar-refractivity contribution < 1.29 is 0 Å². The van der Waals surface area contributed by atoms with Crippen LogP contribution < -0.4 is 4.90 Å². The Morgan fingerprint density at radius 2 is 1.67 bits per heavy atom. The molecular weight excluding hydrogens is 446 g/mol. The molecule has 2 N–H and O–H groups in total. The second-order valence-electron chi connectivity index (χ2n) is 10.2. The zero-order valence-electron chi connectivity index (χ0n) is 20.5. The zero-order chi connectivity index (χ0) is 23.9. The van der Waals surface area contributed by atoms with Gasteiger partial charge in [0.1, 0.15) is 11.2 Å². The predicted octanol–water partition coefficient (Wildman–Crippen LogP) is 5.75. The third-order valence-electron chi connectivity index (χ3n) is 7.71. The molecule has 0 radical (unpaired) electrons. The predicted molar refractivity (Wildman–Crippen MR) is 145 cm³/mol. The van der Waals surface area contributed by atoms with Gasteiger partial charge in [0.05, 0.1) is 16.7 Å². The average Bonchev–Trinajstić information content (AvgIpc) is 3.68. The van der Waals surface area contributed by atoms with Crippen molar-refractivity contribution in [3.8, 4) is 22.6 Å². The number of benzene rings is 2. The number of aromatic amines is 2. The Labute approximate surface area is 210 Å². The molecule has 0 unspecified atom stereocenters. The summed E-state index contributed by atoms with van der Waals surface area (Å²) in [5.41, 5.74) is 8.71. The number of para-hydroxylation sites is 1. The van der Waals surface area contributed by atoms with Gasteiger partial charge in [-0.2, -0.15) is 5.10 Å². The number of fused-ring (bicyclic) bond motifs is 2. The van der Waals surface area contributed by atoms with E-state index < -0.39 is 0 Å². The number of anilines is 1. The van der Waals surface area contributed by atoms with Crippen molar-refractivity contribution in [3.05, 3.63) is 60.4 Å². The maximum atomic E-state index is 5.06. The Morgan fingerprint density at radius 1 is 0.806 bits per heavy atom. The minimum Gasteiger partial charge on any atom is -0.370 e. The van der Waals surface area contributed by atoms with E-state index in [1.165, 1.54) is 56.4 Å². The van der Waals surface area contributed by atoms with E-state index in [1.807, 2.05) is 12.4 Å². The first kappa shape index (κ1) is 21.6. The number of imidazole rings is 1. The van der Waals surface area contributed by atoms with Gasteiger partial charge < -0.3 is 9.88 Å². The average molecular weight is 478 g/mol. The Hall–Kier alpha value is -3.71. The molecule has 182 valence electrons. The summed E-state index contributed by atoms with van der Waals surface area (Å²) in [5, 5.41) is 8.94. The third kappa shape index (κ3) is 3.93. The summed E-state index contributed by atoms with van der Waals surface area (Å²) in [4.78, 5) is 18.1. The lowest BCUT2D eigenvalue weighted by Crippen LogP contribution is -2.29. The highest BCUT2D eigenvalue weighted by molar-refractivity contribution is 5.97. The molecule has 36 heavy (non-hydrogen) atoms. The van der Waals surface area contributed by atoms with Crippen LogP contribution in [0.3, 0.4) is 0 Å². The molecule has 0 spiro atoms. The van der Waals surface area contributed by atoms with Gasteiger partial charge in [-0.1, -0.05) is 12.1 Å². The van der Waals surface area contributed by atoms with Crippen LogP contribution in [0.4, 0.5) is 5.69 Å². The molecule has 2 saturated heterocycles. The van der Waals surface area contributed by atoms with E-state index in [4.69, 9.17) is 4.98 Å². The first-order valence-electron chi connectivity index (χ1n) is 13.2. The Kier molecular flexibility index (Phi) is 5.43. The van der Waals surface area contributed by atoms with Crippen LogP contribution in [-0.4, -0.2) is 56.2 Å². The van der Waals surface area contributed by atoms with Gasteiger partial charge in [0.25, 0.3) is 0 Å². The molecule has 2 aromatic carbocycles. The molecular formula is C29H31N7. The van der Waals surface area contributed by atoms with Crippen LogP contribution in [-0.2, 0) is 6.54 Å². The first-order valence-corrected chi connectivity index (χ1v) is 13.2. The summed E-state index contributed by atoms with van der Waals surface area (Å²) in [7, 11) is 0. The molecule has 7 rings (SSSR count). The van der Waals surface area contributed by atoms with E-state index in [1.54, 1.807) is 0 Å². The van der Waals surface area contributed by atoms with Crippen molar-refractivity contribution in [2.45, 2.75) is 38.6 Å². The number of nitrogens with zero attached hydrogens (tertiary/aromatic N) is 5. The van der Waals surface area contributed by atoms with E-state index in [2.05, 4.69) is 72.4 Å². The number of aromatic nitrogens is 5. The normalized spacial score (nSPS) is 16.9. The fourth-order valence-electron chi connectivity index (χ4n) is 5.82. The summed E-state index contributed by atoms with van der Waals surface area (Å²) in [6, 6.07) is 15.2. The maximum Gasteiger partial charge on any atom is 0.159 e. The van der Waals surface area contributed by atoms with Crippen LogP contribution in [0.1, 0.15) is 37.7 Å². The maximum absolute atomic E-state index is 5.06. The number of H-pyrrole nitrogens is 2. The molecule has 7 heteroatoms. The van der Waals surface area contributed by atoms with Crippen LogP contribution in [0.5, 0.6) is 0 Å². The number of likely N-dealkylation sites (tertiary alicyclic amines) is 1. The van der Waals surface area contributed by atoms with Crippen molar-refractivity contribution in [2.75, 3.05) is 31.1 Å². The van der Waals surface area contributed by atoms with Crippen molar-refractivity contribution in [3.63, 3.8) is 0 Å². The fraction of sp³-hybridized carbons (Fsp3) is 0.345. The van der Waals surface area contributed by atoms with Crippen LogP contribution in [0.25, 0.3) is 44.6 Å². The van der Waals surface area contributed by atoms with E-state index in [-0.39, 0.29) is 0 Å². The Balaban J connectivity index is 1.25. The molecule has 0 atom stereocenters. The van der Waals surface area contributed by atoms with E-state index in [0.717, 1.165) is 64.2 Å². The van der Waals surface area contributed by atoms with Gasteiger partial charge in [-0.05, 0) is 86.7 Å². The largest absolute Gasteiger partial charge is 0.370 e. The van der Waals surface area contributed by atoms with Crippen LogP contribution in [0.2, 0.25) is 0 Å². The van der Waals surface area contributed by atoms with E-state index in [9.17, 15) is 0 Å². The second-order valence-corrected chi connectivity index (χ2v) is 10.2. The van der Waals surface area contributed by atoms with Crippen molar-refractivity contribution in [1.29, 1.82) is 0 Å². The number of pyridine rings is 1. The fourth-order valence-corrected chi connectivity index (χ4v) is 5.82. The van der Waals surface area contributed by atoms with Gasteiger partial charge in [-0.3, -0.25) is 15.0 Å². The third-order valence-corrected chi connectivity index (χ3v) is 7.71. The molecule has 0 aliphatic carbocycles. The van der Waals surface area contributed by atoms with Crippen molar-refractivity contribution >= 4 is 27.6 Å². The van der Waals surface area contributed by atoms with Gasteiger partial charge in [0, 0.05) is 43.0 Å². The van der Waals surface area contributed by atoms with E-state index >= 15 is 0 Å². The number of piperidine rings is 1. The van der Waals surface area contributed by atoms with Crippen molar-refractivity contribution in [2.24, 2.45) is 0 Å². The molecule has 5 heterocycles. The van der Waals surface area contributed by atoms with Crippen LogP contribution in [0, 0.1) is 0 Å². The molecule has 0 amide bonds. The van der Waals surface area contributed by atoms with Crippen molar-refractivity contribution in [1.82, 2.24) is 30.0 Å². The standard InChI is InChI=1S/C29H31N7/c1-2-13-36(14-3-1)26-8-6-7-25-28(26)32-29(31-25)27-23-16-21(9-10-24(23)33-34-27)22-15-20(17-30-18-22)19-35-11-4-5-12-35/h6-10,15-18H,1-5,11-14,19H2,(H,31,32)(H,33,34). The second kappa shape index (κ2) is 9.06. The lowest BCUT2D eigenvalue weighted by atomic mass is 10.0. The minimum atomic E-state index is 0.804. The van der Waals surface area contributed by atoms with Gasteiger partial charge in [0.2, 0.25) is 0 Å². The van der Waals surface area contributed by atoms with E-state index in [0.29, 0.717) is 0 Å². The molecule has 0 bridgehead atoms. The van der Waals surface area contributed by atoms with Gasteiger partial charge in [-0.15, -0.1) is 0 Å². The summed E-state index contributed by atoms with van der Waals surface area (Å²) in [6.45, 7) is 5.54. The molecule has 3 aromatic heterocycles. The smallest absolute Gasteiger partial charge is 0.159 e. The topological polar surface area (TPSA) is 76.7 Å². The monoisotopic (exact) mass is 477 g/mol. The summed E-state index contributed by atoms with van der Waals surface area (Å²) in [6.07, 6.45) is 10.4. The number of rotatable bonds is 5. The Morgan fingerprint density at radius 3 is 2.56 bits per heavy atom. The minimum absolute atomic E-state index is 0.804. The summed E-state index contributed by atoms with van der Waals surface area (Å²) >= 11 is 0. The Bertz CT molecular complexity index is 1520. The molecule has 5 aromatic rings. The summed E-state index contributed by atoms with van der Waals surface area (Å²) in [5.74, 6) is 0.804. The first-order chi connectivity index (χ1) is 17.8. The van der Waals surface area contributed by atoms with Gasteiger partial charge in [0.15, 0.2) is 5.82 Å². The molecule has 2 aliphatic rings. The highest BCUT2D eigenvalue weighted by Gasteiger charge is 2.19. The lowest BCUT2D eigenvalue weighted by molar-refractivity contribution is 0.331. The van der Waals surface area contributed by atoms with Gasteiger partial charge in [-0.25, -0.2) is 4.98 Å².